The number of rotatable bonds is 3. The molecule has 0 aliphatic heterocycles. The van der Waals surface area contributed by atoms with Crippen LogP contribution in [-0.2, 0) is 16.9 Å². The third-order valence-corrected chi connectivity index (χ3v) is 5.77. The molecule has 0 aliphatic carbocycles. The van der Waals surface area contributed by atoms with Crippen LogP contribution < -0.4 is 0 Å². The zero-order chi connectivity index (χ0) is 15.9. The van der Waals surface area contributed by atoms with Crippen molar-refractivity contribution in [3.8, 4) is 21.7 Å². The molecule has 5 heteroatoms. The van der Waals surface area contributed by atoms with Gasteiger partial charge < -0.3 is 4.57 Å². The first-order chi connectivity index (χ1) is 10.4. The summed E-state index contributed by atoms with van der Waals surface area (Å²) >= 11 is 1.62. The molecule has 0 N–H and O–H groups in total. The molecule has 0 amide bonds. The Labute approximate surface area is 134 Å². The van der Waals surface area contributed by atoms with Crippen LogP contribution in [0.5, 0.6) is 0 Å². The van der Waals surface area contributed by atoms with E-state index >= 15 is 0 Å². The number of benzene rings is 1. The lowest BCUT2D eigenvalue weighted by Crippen LogP contribution is -2.04. The number of thiophene rings is 1. The fraction of sp³-hybridized carbons (Fsp3) is 0.176. The fourth-order valence-electron chi connectivity index (χ4n) is 2.71. The number of aromatic nitrogens is 1. The van der Waals surface area contributed by atoms with E-state index in [0.717, 1.165) is 27.3 Å². The molecule has 0 spiro atoms. The highest BCUT2D eigenvalue weighted by atomic mass is 32.2. The first-order valence-corrected chi connectivity index (χ1v) is 9.66. The second kappa shape index (κ2) is 5.41. The van der Waals surface area contributed by atoms with Gasteiger partial charge in [0.1, 0.15) is 0 Å². The minimum Gasteiger partial charge on any atom is -0.351 e. The average molecular weight is 331 g/mol. The molecule has 1 aromatic carbocycles. The molecule has 3 aromatic rings. The Bertz CT molecular complexity index is 920. The van der Waals surface area contributed by atoms with Crippen molar-refractivity contribution in [1.82, 2.24) is 4.57 Å². The second-order valence-electron chi connectivity index (χ2n) is 5.38. The lowest BCUT2D eigenvalue weighted by Gasteiger charge is -2.16. The number of nitrogens with zero attached hydrogens (tertiary/aromatic N) is 1. The first-order valence-electron chi connectivity index (χ1n) is 6.89. The zero-order valence-corrected chi connectivity index (χ0v) is 14.3. The highest BCUT2D eigenvalue weighted by Crippen LogP contribution is 2.41. The Morgan fingerprint density at radius 1 is 1.05 bits per heavy atom. The third kappa shape index (κ3) is 2.51. The van der Waals surface area contributed by atoms with Crippen LogP contribution in [0.25, 0.3) is 21.7 Å². The second-order valence-corrected chi connectivity index (χ2v) is 8.32. The maximum absolute atomic E-state index is 12.3. The maximum Gasteiger partial charge on any atom is 0.176 e. The van der Waals surface area contributed by atoms with Crippen molar-refractivity contribution < 1.29 is 8.42 Å². The molecule has 0 unspecified atom stereocenters. The highest BCUT2D eigenvalue weighted by molar-refractivity contribution is 7.90. The van der Waals surface area contributed by atoms with Gasteiger partial charge in [-0.1, -0.05) is 12.1 Å². The predicted octanol–water partition coefficient (Wildman–Crippen LogP) is 4.13. The largest absolute Gasteiger partial charge is 0.351 e. The molecule has 0 aliphatic rings. The van der Waals surface area contributed by atoms with Gasteiger partial charge in [0.05, 0.1) is 4.90 Å². The summed E-state index contributed by atoms with van der Waals surface area (Å²) in [6.07, 6.45) is 3.20. The number of aryl methyl sites for hydroxylation is 2. The van der Waals surface area contributed by atoms with Gasteiger partial charge in [0, 0.05) is 41.2 Å². The van der Waals surface area contributed by atoms with E-state index in [9.17, 15) is 8.42 Å². The van der Waals surface area contributed by atoms with Gasteiger partial charge in [-0.3, -0.25) is 0 Å². The molecule has 0 fully saturated rings. The lowest BCUT2D eigenvalue weighted by atomic mass is 9.98. The standard InChI is InChI=1S/C17H17NO2S2/c1-12-8-9-15(22(3,19)20)17(13-6-4-10-18(13)2)16(12)14-7-5-11-21-14/h4-11H,1-3H3. The fourth-order valence-corrected chi connectivity index (χ4v) is 4.44. The molecule has 22 heavy (non-hydrogen) atoms. The van der Waals surface area contributed by atoms with Crippen molar-refractivity contribution in [2.24, 2.45) is 7.05 Å². The van der Waals surface area contributed by atoms with Crippen molar-refractivity contribution in [1.29, 1.82) is 0 Å². The summed E-state index contributed by atoms with van der Waals surface area (Å²) < 4.78 is 26.5. The minimum atomic E-state index is -3.32. The summed E-state index contributed by atoms with van der Waals surface area (Å²) in [4.78, 5) is 1.46. The van der Waals surface area contributed by atoms with Crippen LogP contribution in [0.2, 0.25) is 0 Å². The van der Waals surface area contributed by atoms with Crippen LogP contribution in [-0.4, -0.2) is 19.2 Å². The van der Waals surface area contributed by atoms with Gasteiger partial charge in [0.25, 0.3) is 0 Å². The minimum absolute atomic E-state index is 0.378. The van der Waals surface area contributed by atoms with Crippen LogP contribution in [0, 0.1) is 6.92 Å². The molecule has 0 radical (unpaired) electrons. The Morgan fingerprint density at radius 2 is 1.82 bits per heavy atom. The van der Waals surface area contributed by atoms with Crippen molar-refractivity contribution in [3.63, 3.8) is 0 Å². The van der Waals surface area contributed by atoms with E-state index in [1.165, 1.54) is 6.26 Å². The Balaban J connectivity index is 2.47. The maximum atomic E-state index is 12.3. The molecule has 3 rings (SSSR count). The van der Waals surface area contributed by atoms with Crippen molar-refractivity contribution in [3.05, 3.63) is 53.5 Å². The Hall–Kier alpha value is -1.85. The smallest absolute Gasteiger partial charge is 0.176 e. The van der Waals surface area contributed by atoms with Crippen molar-refractivity contribution in [2.45, 2.75) is 11.8 Å². The van der Waals surface area contributed by atoms with E-state index < -0.39 is 9.84 Å². The molecule has 0 bridgehead atoms. The predicted molar refractivity (Wildman–Crippen MR) is 92.0 cm³/mol. The van der Waals surface area contributed by atoms with E-state index in [1.807, 2.05) is 60.4 Å². The normalized spacial score (nSPS) is 11.8. The quantitative estimate of drug-likeness (QED) is 0.724. The molecule has 0 atom stereocenters. The van der Waals surface area contributed by atoms with E-state index in [0.29, 0.717) is 4.90 Å². The van der Waals surface area contributed by atoms with Gasteiger partial charge >= 0.3 is 0 Å². The van der Waals surface area contributed by atoms with Gasteiger partial charge in [-0.25, -0.2) is 8.42 Å². The molecule has 0 saturated heterocycles. The van der Waals surface area contributed by atoms with Crippen LogP contribution in [0.15, 0.2) is 52.9 Å². The third-order valence-electron chi connectivity index (χ3n) is 3.74. The molecule has 2 aromatic heterocycles. The Morgan fingerprint density at radius 3 is 2.36 bits per heavy atom. The van der Waals surface area contributed by atoms with Crippen LogP contribution >= 0.6 is 11.3 Å². The van der Waals surface area contributed by atoms with Gasteiger partial charge in [0.15, 0.2) is 9.84 Å². The number of hydrogen-bond donors (Lipinski definition) is 0. The SMILES string of the molecule is Cc1ccc(S(C)(=O)=O)c(-c2cccn2C)c1-c1cccs1. The number of sulfone groups is 1. The van der Waals surface area contributed by atoms with E-state index in [-0.39, 0.29) is 0 Å². The van der Waals surface area contributed by atoms with Gasteiger partial charge in [0.2, 0.25) is 0 Å². The summed E-state index contributed by atoms with van der Waals surface area (Å²) in [5.74, 6) is 0. The lowest BCUT2D eigenvalue weighted by molar-refractivity contribution is 0.602. The summed E-state index contributed by atoms with van der Waals surface area (Å²) in [6, 6.07) is 11.5. The summed E-state index contributed by atoms with van der Waals surface area (Å²) in [5, 5.41) is 2.01. The molecular weight excluding hydrogens is 314 g/mol. The van der Waals surface area contributed by atoms with E-state index in [4.69, 9.17) is 0 Å². The summed E-state index contributed by atoms with van der Waals surface area (Å²) in [6.45, 7) is 2.02. The average Bonchev–Trinajstić information content (AvgIpc) is 3.08. The van der Waals surface area contributed by atoms with Crippen LogP contribution in [0.3, 0.4) is 0 Å². The van der Waals surface area contributed by atoms with Crippen LogP contribution in [0.1, 0.15) is 5.56 Å². The Kier molecular flexibility index (Phi) is 3.70. The summed E-state index contributed by atoms with van der Waals surface area (Å²) in [5.41, 5.74) is 3.77. The van der Waals surface area contributed by atoms with Gasteiger partial charge in [-0.2, -0.15) is 0 Å². The molecular formula is C17H17NO2S2. The monoisotopic (exact) mass is 331 g/mol. The van der Waals surface area contributed by atoms with Crippen molar-refractivity contribution in [2.75, 3.05) is 6.26 Å². The first kappa shape index (κ1) is 15.1. The summed E-state index contributed by atoms with van der Waals surface area (Å²) in [7, 11) is -1.38. The van der Waals surface area contributed by atoms with E-state index in [1.54, 1.807) is 17.4 Å². The molecule has 3 nitrogen and oxygen atoms in total. The molecule has 2 heterocycles. The van der Waals surface area contributed by atoms with Crippen molar-refractivity contribution >= 4 is 21.2 Å². The highest BCUT2D eigenvalue weighted by Gasteiger charge is 2.22. The van der Waals surface area contributed by atoms with Gasteiger partial charge in [-0.15, -0.1) is 11.3 Å². The zero-order valence-electron chi connectivity index (χ0n) is 12.7. The van der Waals surface area contributed by atoms with Gasteiger partial charge in [-0.05, 0) is 42.1 Å². The van der Waals surface area contributed by atoms with E-state index in [2.05, 4.69) is 0 Å². The molecule has 114 valence electrons. The molecule has 0 saturated carbocycles. The van der Waals surface area contributed by atoms with Crippen LogP contribution in [0.4, 0.5) is 0 Å². The topological polar surface area (TPSA) is 39.1 Å². The number of hydrogen-bond acceptors (Lipinski definition) is 3.